The molecule has 0 aliphatic heterocycles. The molecule has 74 valence electrons. The molecule has 0 atom stereocenters. The first-order valence-corrected chi connectivity index (χ1v) is 6.00. The first kappa shape index (κ1) is 9.76. The van der Waals surface area contributed by atoms with Crippen LogP contribution in [0.25, 0.3) is 10.7 Å². The summed E-state index contributed by atoms with van der Waals surface area (Å²) in [5.41, 5.74) is 2.92. The zero-order chi connectivity index (χ0) is 9.97. The average Bonchev–Trinajstić information content (AvgIpc) is 2.70. The van der Waals surface area contributed by atoms with E-state index in [0.29, 0.717) is 0 Å². The van der Waals surface area contributed by atoms with Gasteiger partial charge in [0.1, 0.15) is 10.7 Å². The fraction of sp³-hybridized carbons (Fsp3) is 0.333. The predicted molar refractivity (Wildman–Crippen MR) is 60.6 cm³/mol. The van der Waals surface area contributed by atoms with Crippen molar-refractivity contribution in [3.05, 3.63) is 22.0 Å². The Morgan fingerprint density at radius 2 is 2.14 bits per heavy atom. The van der Waals surface area contributed by atoms with Crippen molar-refractivity contribution in [2.24, 2.45) is 0 Å². The number of hydrogen-bond acceptors (Lipinski definition) is 5. The lowest BCUT2D eigenvalue weighted by molar-refractivity contribution is 0.406. The van der Waals surface area contributed by atoms with Gasteiger partial charge in [0.05, 0.1) is 5.51 Å². The lowest BCUT2D eigenvalue weighted by Crippen LogP contribution is -2.10. The first-order valence-electron chi connectivity index (χ1n) is 4.24. The molecule has 0 fully saturated rings. The Labute approximate surface area is 91.1 Å². The van der Waals surface area contributed by atoms with Gasteiger partial charge < -0.3 is 4.90 Å². The average molecular weight is 225 g/mol. The van der Waals surface area contributed by atoms with E-state index in [0.717, 1.165) is 17.2 Å². The number of thiazole rings is 2. The molecule has 0 aliphatic rings. The topological polar surface area (TPSA) is 29.0 Å². The van der Waals surface area contributed by atoms with E-state index in [1.54, 1.807) is 22.7 Å². The molecule has 0 bridgehead atoms. The molecular formula is C9H11N3S2. The third-order valence-corrected chi connectivity index (χ3v) is 3.33. The molecule has 2 aromatic heterocycles. The molecule has 0 unspecified atom stereocenters. The first-order chi connectivity index (χ1) is 6.77. The monoisotopic (exact) mass is 225 g/mol. The molecule has 3 nitrogen and oxygen atoms in total. The minimum absolute atomic E-state index is 0.930. The van der Waals surface area contributed by atoms with E-state index >= 15 is 0 Å². The van der Waals surface area contributed by atoms with Gasteiger partial charge in [-0.1, -0.05) is 0 Å². The van der Waals surface area contributed by atoms with Crippen LogP contribution in [-0.2, 0) is 6.54 Å². The van der Waals surface area contributed by atoms with Gasteiger partial charge in [-0.05, 0) is 14.1 Å². The molecule has 0 saturated heterocycles. The van der Waals surface area contributed by atoms with Crippen LogP contribution in [0.4, 0.5) is 0 Å². The minimum atomic E-state index is 0.930. The highest BCUT2D eigenvalue weighted by Crippen LogP contribution is 2.27. The second-order valence-corrected chi connectivity index (χ2v) is 5.03. The molecule has 0 amide bonds. The van der Waals surface area contributed by atoms with E-state index in [1.165, 1.54) is 4.88 Å². The highest BCUT2D eigenvalue weighted by Gasteiger charge is 2.10. The highest BCUT2D eigenvalue weighted by molar-refractivity contribution is 7.14. The Kier molecular flexibility index (Phi) is 2.90. The fourth-order valence-corrected chi connectivity index (χ4v) is 2.79. The summed E-state index contributed by atoms with van der Waals surface area (Å²) in [6, 6.07) is 0. The third-order valence-electron chi connectivity index (χ3n) is 1.74. The third kappa shape index (κ3) is 2.00. The highest BCUT2D eigenvalue weighted by atomic mass is 32.1. The van der Waals surface area contributed by atoms with Crippen LogP contribution in [0.3, 0.4) is 0 Å². The van der Waals surface area contributed by atoms with E-state index in [-0.39, 0.29) is 0 Å². The van der Waals surface area contributed by atoms with Gasteiger partial charge in [-0.3, -0.25) is 0 Å². The summed E-state index contributed by atoms with van der Waals surface area (Å²) in [6.45, 7) is 0.930. The second kappa shape index (κ2) is 4.16. The summed E-state index contributed by atoms with van der Waals surface area (Å²) in [6.07, 6.45) is 1.82. The van der Waals surface area contributed by atoms with Crippen molar-refractivity contribution >= 4 is 22.7 Å². The summed E-state index contributed by atoms with van der Waals surface area (Å²) in [5.74, 6) is 0. The molecule has 0 N–H and O–H groups in total. The lowest BCUT2D eigenvalue weighted by atomic mass is 10.3. The molecular weight excluding hydrogens is 214 g/mol. The zero-order valence-electron chi connectivity index (χ0n) is 8.10. The SMILES string of the molecule is CN(C)Cc1scnc1-c1nccs1. The summed E-state index contributed by atoms with van der Waals surface area (Å²) in [5, 5.41) is 3.00. The Morgan fingerprint density at radius 1 is 1.29 bits per heavy atom. The van der Waals surface area contributed by atoms with Crippen LogP contribution in [0.1, 0.15) is 4.88 Å². The molecule has 2 aromatic rings. The Bertz CT molecular complexity index is 392. The van der Waals surface area contributed by atoms with Crippen LogP contribution in [0, 0.1) is 0 Å². The number of aromatic nitrogens is 2. The maximum absolute atomic E-state index is 4.35. The largest absolute Gasteiger partial charge is 0.304 e. The zero-order valence-corrected chi connectivity index (χ0v) is 9.73. The number of nitrogens with zero attached hydrogens (tertiary/aromatic N) is 3. The van der Waals surface area contributed by atoms with Gasteiger partial charge in [-0.25, -0.2) is 9.97 Å². The van der Waals surface area contributed by atoms with Crippen molar-refractivity contribution in [1.29, 1.82) is 0 Å². The van der Waals surface area contributed by atoms with E-state index in [4.69, 9.17) is 0 Å². The van der Waals surface area contributed by atoms with Crippen LogP contribution in [-0.4, -0.2) is 29.0 Å². The number of rotatable bonds is 3. The lowest BCUT2D eigenvalue weighted by Gasteiger charge is -2.07. The quantitative estimate of drug-likeness (QED) is 0.803. The molecule has 0 aliphatic carbocycles. The van der Waals surface area contributed by atoms with Gasteiger partial charge in [-0.15, -0.1) is 22.7 Å². The van der Waals surface area contributed by atoms with Crippen molar-refractivity contribution in [3.8, 4) is 10.7 Å². The smallest absolute Gasteiger partial charge is 0.142 e. The van der Waals surface area contributed by atoms with Gasteiger partial charge in [0, 0.05) is 23.0 Å². The summed E-state index contributed by atoms with van der Waals surface area (Å²) < 4.78 is 0. The van der Waals surface area contributed by atoms with Crippen molar-refractivity contribution in [2.45, 2.75) is 6.54 Å². The molecule has 2 rings (SSSR count). The van der Waals surface area contributed by atoms with Crippen molar-refractivity contribution < 1.29 is 0 Å². The van der Waals surface area contributed by atoms with Crippen LogP contribution in [0.15, 0.2) is 17.1 Å². The van der Waals surface area contributed by atoms with E-state index < -0.39 is 0 Å². The molecule has 2 heterocycles. The Hall–Kier alpha value is -0.780. The molecule has 14 heavy (non-hydrogen) atoms. The van der Waals surface area contributed by atoms with Gasteiger partial charge >= 0.3 is 0 Å². The maximum Gasteiger partial charge on any atom is 0.142 e. The van der Waals surface area contributed by atoms with Gasteiger partial charge in [0.15, 0.2) is 0 Å². The van der Waals surface area contributed by atoms with Crippen molar-refractivity contribution in [3.63, 3.8) is 0 Å². The van der Waals surface area contributed by atoms with E-state index in [1.807, 2.05) is 17.1 Å². The summed E-state index contributed by atoms with van der Waals surface area (Å²) >= 11 is 3.33. The minimum Gasteiger partial charge on any atom is -0.304 e. The standard InChI is InChI=1S/C9H11N3S2/c1-12(2)5-7-8(11-6-14-7)9-10-3-4-13-9/h3-4,6H,5H2,1-2H3. The molecule has 5 heteroatoms. The molecule has 0 saturated carbocycles. The molecule has 0 radical (unpaired) electrons. The van der Waals surface area contributed by atoms with Crippen LogP contribution in [0.2, 0.25) is 0 Å². The van der Waals surface area contributed by atoms with E-state index in [9.17, 15) is 0 Å². The van der Waals surface area contributed by atoms with Gasteiger partial charge in [-0.2, -0.15) is 0 Å². The van der Waals surface area contributed by atoms with Crippen LogP contribution in [0.5, 0.6) is 0 Å². The second-order valence-electron chi connectivity index (χ2n) is 3.20. The van der Waals surface area contributed by atoms with Crippen LogP contribution >= 0.6 is 22.7 Å². The maximum atomic E-state index is 4.35. The van der Waals surface area contributed by atoms with Gasteiger partial charge in [0.2, 0.25) is 0 Å². The van der Waals surface area contributed by atoms with E-state index in [2.05, 4.69) is 29.0 Å². The summed E-state index contributed by atoms with van der Waals surface area (Å²) in [4.78, 5) is 12.0. The Balaban J connectivity index is 2.30. The normalized spacial score (nSPS) is 11.1. The summed E-state index contributed by atoms with van der Waals surface area (Å²) in [7, 11) is 4.12. The van der Waals surface area contributed by atoms with Crippen molar-refractivity contribution in [2.75, 3.05) is 14.1 Å². The van der Waals surface area contributed by atoms with Gasteiger partial charge in [0.25, 0.3) is 0 Å². The number of hydrogen-bond donors (Lipinski definition) is 0. The molecule has 0 aromatic carbocycles. The van der Waals surface area contributed by atoms with Crippen molar-refractivity contribution in [1.82, 2.24) is 14.9 Å². The Morgan fingerprint density at radius 3 is 2.79 bits per heavy atom. The van der Waals surface area contributed by atoms with Crippen LogP contribution < -0.4 is 0 Å². The predicted octanol–water partition coefficient (Wildman–Crippen LogP) is 2.33. The molecule has 0 spiro atoms. The fourth-order valence-electron chi connectivity index (χ4n) is 1.18.